The summed E-state index contributed by atoms with van der Waals surface area (Å²) in [6.07, 6.45) is 2.08. The lowest BCUT2D eigenvalue weighted by Gasteiger charge is -2.22. The minimum atomic E-state index is -1.27. The zero-order valence-electron chi connectivity index (χ0n) is 13.3. The standard InChI is InChI=1S/C17H22O5/c1-11-7-12(5-4-6-18)8-13-9-17(10-14(11)13,15(19)21-2)16(20)22-3/h7-8,18H,4-6,9-10H2,1-3H3. The molecule has 0 aliphatic heterocycles. The molecule has 2 rings (SSSR count). The number of aryl methyl sites for hydroxylation is 2. The van der Waals surface area contributed by atoms with Crippen LogP contribution in [0.3, 0.4) is 0 Å². The van der Waals surface area contributed by atoms with Crippen LogP contribution in [0.5, 0.6) is 0 Å². The van der Waals surface area contributed by atoms with Gasteiger partial charge in [-0.15, -0.1) is 0 Å². The van der Waals surface area contributed by atoms with E-state index in [9.17, 15) is 9.59 Å². The van der Waals surface area contributed by atoms with Gasteiger partial charge in [0.1, 0.15) is 0 Å². The molecule has 0 unspecified atom stereocenters. The highest BCUT2D eigenvalue weighted by Gasteiger charge is 2.52. The minimum absolute atomic E-state index is 0.143. The SMILES string of the molecule is COC(=O)C1(C(=O)OC)Cc2cc(CCCO)cc(C)c2C1. The van der Waals surface area contributed by atoms with Crippen molar-refractivity contribution in [1.29, 1.82) is 0 Å². The molecular formula is C17H22O5. The first-order valence-corrected chi connectivity index (χ1v) is 7.37. The molecule has 0 spiro atoms. The van der Waals surface area contributed by atoms with Gasteiger partial charge in [0.25, 0.3) is 0 Å². The Bertz CT molecular complexity index is 575. The first-order valence-electron chi connectivity index (χ1n) is 7.37. The van der Waals surface area contributed by atoms with Crippen molar-refractivity contribution >= 4 is 11.9 Å². The minimum Gasteiger partial charge on any atom is -0.468 e. The maximum atomic E-state index is 12.2. The molecule has 1 aromatic carbocycles. The molecule has 1 N–H and O–H groups in total. The van der Waals surface area contributed by atoms with E-state index < -0.39 is 17.4 Å². The summed E-state index contributed by atoms with van der Waals surface area (Å²) in [5.41, 5.74) is 2.90. The Kier molecular flexibility index (Phi) is 4.86. The zero-order valence-corrected chi connectivity index (χ0v) is 13.3. The molecule has 5 nitrogen and oxygen atoms in total. The third-order valence-corrected chi connectivity index (χ3v) is 4.37. The van der Waals surface area contributed by atoms with Gasteiger partial charge in [0.2, 0.25) is 0 Å². The first-order chi connectivity index (χ1) is 10.5. The van der Waals surface area contributed by atoms with E-state index in [0.29, 0.717) is 19.3 Å². The fraction of sp³-hybridized carbons (Fsp3) is 0.529. The summed E-state index contributed by atoms with van der Waals surface area (Å²) in [7, 11) is 2.57. The zero-order chi connectivity index (χ0) is 16.3. The van der Waals surface area contributed by atoms with E-state index in [4.69, 9.17) is 14.6 Å². The molecule has 0 atom stereocenters. The van der Waals surface area contributed by atoms with E-state index in [2.05, 4.69) is 6.07 Å². The summed E-state index contributed by atoms with van der Waals surface area (Å²) in [4.78, 5) is 24.4. The van der Waals surface area contributed by atoms with Crippen LogP contribution in [0.2, 0.25) is 0 Å². The summed E-state index contributed by atoms with van der Waals surface area (Å²) in [6.45, 7) is 2.12. The number of carbonyl (C=O) groups excluding carboxylic acids is 2. The van der Waals surface area contributed by atoms with Crippen molar-refractivity contribution in [3.63, 3.8) is 0 Å². The lowest BCUT2D eigenvalue weighted by Crippen LogP contribution is -2.42. The van der Waals surface area contributed by atoms with Crippen LogP contribution in [0.1, 0.15) is 28.7 Å². The second-order valence-electron chi connectivity index (χ2n) is 5.80. The van der Waals surface area contributed by atoms with Crippen LogP contribution in [-0.4, -0.2) is 37.9 Å². The number of esters is 2. The smallest absolute Gasteiger partial charge is 0.323 e. The predicted molar refractivity (Wildman–Crippen MR) is 80.5 cm³/mol. The van der Waals surface area contributed by atoms with E-state index in [-0.39, 0.29) is 6.61 Å². The highest BCUT2D eigenvalue weighted by Crippen LogP contribution is 2.41. The van der Waals surface area contributed by atoms with Crippen LogP contribution in [-0.2, 0) is 38.3 Å². The lowest BCUT2D eigenvalue weighted by molar-refractivity contribution is -0.168. The Balaban J connectivity index is 2.40. The number of methoxy groups -OCH3 is 2. The van der Waals surface area contributed by atoms with Gasteiger partial charge in [-0.25, -0.2) is 0 Å². The summed E-state index contributed by atoms with van der Waals surface area (Å²) in [6, 6.07) is 4.07. The Morgan fingerprint density at radius 2 is 1.82 bits per heavy atom. The number of ether oxygens (including phenoxy) is 2. The second-order valence-corrected chi connectivity index (χ2v) is 5.80. The van der Waals surface area contributed by atoms with Gasteiger partial charge in [0.05, 0.1) is 14.2 Å². The molecule has 0 saturated heterocycles. The maximum absolute atomic E-state index is 12.2. The number of fused-ring (bicyclic) bond motifs is 1. The summed E-state index contributed by atoms with van der Waals surface area (Å²) >= 11 is 0. The van der Waals surface area contributed by atoms with Crippen LogP contribution in [0.4, 0.5) is 0 Å². The predicted octanol–water partition coefficient (Wildman–Crippen LogP) is 1.35. The first kappa shape index (κ1) is 16.5. The van der Waals surface area contributed by atoms with Gasteiger partial charge >= 0.3 is 11.9 Å². The van der Waals surface area contributed by atoms with Crippen molar-refractivity contribution in [2.45, 2.75) is 32.6 Å². The molecule has 1 aromatic rings. The Hall–Kier alpha value is -1.88. The number of carbonyl (C=O) groups is 2. The van der Waals surface area contributed by atoms with Crippen LogP contribution in [0.15, 0.2) is 12.1 Å². The highest BCUT2D eigenvalue weighted by molar-refractivity contribution is 6.01. The monoisotopic (exact) mass is 306 g/mol. The molecule has 0 heterocycles. The summed E-state index contributed by atoms with van der Waals surface area (Å²) < 4.78 is 9.71. The quantitative estimate of drug-likeness (QED) is 0.657. The Morgan fingerprint density at radius 3 is 2.36 bits per heavy atom. The van der Waals surface area contributed by atoms with Gasteiger partial charge in [-0.05, 0) is 48.4 Å². The molecule has 0 fully saturated rings. The molecule has 0 aromatic heterocycles. The van der Waals surface area contributed by atoms with Gasteiger partial charge in [-0.3, -0.25) is 9.59 Å². The number of hydrogen-bond donors (Lipinski definition) is 1. The molecule has 1 aliphatic carbocycles. The van der Waals surface area contributed by atoms with Gasteiger partial charge in [0.15, 0.2) is 5.41 Å². The number of hydrogen-bond acceptors (Lipinski definition) is 5. The summed E-state index contributed by atoms with van der Waals surface area (Å²) in [5.74, 6) is -1.10. The molecule has 120 valence electrons. The van der Waals surface area contributed by atoms with Crippen molar-refractivity contribution in [2.24, 2.45) is 5.41 Å². The Morgan fingerprint density at radius 1 is 1.18 bits per heavy atom. The maximum Gasteiger partial charge on any atom is 0.323 e. The normalized spacial score (nSPS) is 15.3. The molecule has 22 heavy (non-hydrogen) atoms. The second kappa shape index (κ2) is 6.48. The summed E-state index contributed by atoms with van der Waals surface area (Å²) in [5, 5.41) is 8.96. The highest BCUT2D eigenvalue weighted by atomic mass is 16.5. The van der Waals surface area contributed by atoms with Crippen molar-refractivity contribution in [2.75, 3.05) is 20.8 Å². The van der Waals surface area contributed by atoms with E-state index in [0.717, 1.165) is 28.7 Å². The molecule has 0 radical (unpaired) electrons. The molecule has 0 amide bonds. The number of benzene rings is 1. The van der Waals surface area contributed by atoms with E-state index >= 15 is 0 Å². The van der Waals surface area contributed by atoms with Crippen LogP contribution in [0, 0.1) is 12.3 Å². The molecular weight excluding hydrogens is 284 g/mol. The van der Waals surface area contributed by atoms with Gasteiger partial charge < -0.3 is 14.6 Å². The van der Waals surface area contributed by atoms with E-state index in [1.54, 1.807) is 0 Å². The third-order valence-electron chi connectivity index (χ3n) is 4.37. The number of aliphatic hydroxyl groups is 1. The number of rotatable bonds is 5. The topological polar surface area (TPSA) is 72.8 Å². The lowest BCUT2D eigenvalue weighted by atomic mass is 9.84. The van der Waals surface area contributed by atoms with Crippen molar-refractivity contribution in [3.05, 3.63) is 34.4 Å². The Labute approximate surface area is 130 Å². The van der Waals surface area contributed by atoms with Gasteiger partial charge in [0, 0.05) is 13.0 Å². The average Bonchev–Trinajstić information content (AvgIpc) is 2.92. The molecule has 1 aliphatic rings. The third kappa shape index (κ3) is 2.73. The van der Waals surface area contributed by atoms with Crippen molar-refractivity contribution < 1.29 is 24.2 Å². The van der Waals surface area contributed by atoms with Crippen molar-refractivity contribution in [1.82, 2.24) is 0 Å². The van der Waals surface area contributed by atoms with E-state index in [1.165, 1.54) is 14.2 Å². The molecule has 0 saturated carbocycles. The van der Waals surface area contributed by atoms with Crippen LogP contribution in [0.25, 0.3) is 0 Å². The van der Waals surface area contributed by atoms with Crippen LogP contribution < -0.4 is 0 Å². The fourth-order valence-corrected chi connectivity index (χ4v) is 3.26. The van der Waals surface area contributed by atoms with Gasteiger partial charge in [-0.1, -0.05) is 12.1 Å². The van der Waals surface area contributed by atoms with Gasteiger partial charge in [-0.2, -0.15) is 0 Å². The molecule has 5 heteroatoms. The number of aliphatic hydroxyl groups excluding tert-OH is 1. The molecule has 0 bridgehead atoms. The van der Waals surface area contributed by atoms with Crippen LogP contribution >= 0.6 is 0 Å². The largest absolute Gasteiger partial charge is 0.468 e. The van der Waals surface area contributed by atoms with E-state index in [1.807, 2.05) is 13.0 Å². The van der Waals surface area contributed by atoms with Crippen molar-refractivity contribution in [3.8, 4) is 0 Å². The fourth-order valence-electron chi connectivity index (χ4n) is 3.26. The average molecular weight is 306 g/mol.